The maximum Gasteiger partial charge on any atom is 0.326 e. The van der Waals surface area contributed by atoms with Crippen LogP contribution < -0.4 is 10.6 Å². The number of nitriles is 1. The largest absolute Gasteiger partial charge is 0.480 e. The highest BCUT2D eigenvalue weighted by Crippen LogP contribution is 2.03. The van der Waals surface area contributed by atoms with Crippen molar-refractivity contribution in [3.8, 4) is 6.07 Å². The van der Waals surface area contributed by atoms with E-state index in [1.807, 2.05) is 6.07 Å². The standard InChI is InChI=1S/C15H18N4O3/c1-10(2)13(15(21)22)19-14(20)12(6-16)9-18-8-11-4-3-5-17-7-11/h3-5,7,9-10,13,18H,8H2,1-2H3,(H,19,20)(H,21,22)/b12-9-. The van der Waals surface area contributed by atoms with Gasteiger partial charge in [0.05, 0.1) is 0 Å². The number of nitrogens with one attached hydrogen (secondary N) is 2. The molecule has 0 bridgehead atoms. The van der Waals surface area contributed by atoms with E-state index in [1.165, 1.54) is 6.20 Å². The SMILES string of the molecule is CC(C)C(NC(=O)/C(C#N)=C\NCc1cccnc1)C(=O)O. The molecule has 0 spiro atoms. The number of nitrogens with zero attached hydrogens (tertiary/aromatic N) is 2. The number of carboxylic acids is 1. The van der Waals surface area contributed by atoms with E-state index in [0.717, 1.165) is 5.56 Å². The molecule has 0 radical (unpaired) electrons. The summed E-state index contributed by atoms with van der Waals surface area (Å²) in [5.41, 5.74) is 0.706. The van der Waals surface area contributed by atoms with Crippen LogP contribution in [-0.2, 0) is 16.1 Å². The van der Waals surface area contributed by atoms with E-state index in [0.29, 0.717) is 6.54 Å². The van der Waals surface area contributed by atoms with Gasteiger partial charge in [-0.15, -0.1) is 0 Å². The topological polar surface area (TPSA) is 115 Å². The van der Waals surface area contributed by atoms with Gasteiger partial charge in [0.2, 0.25) is 0 Å². The quantitative estimate of drug-likeness (QED) is 0.507. The molecule has 3 N–H and O–H groups in total. The molecule has 7 heteroatoms. The molecule has 1 rings (SSSR count). The predicted molar refractivity (Wildman–Crippen MR) is 79.2 cm³/mol. The molecule has 0 aliphatic carbocycles. The smallest absolute Gasteiger partial charge is 0.326 e. The Morgan fingerprint density at radius 2 is 2.23 bits per heavy atom. The molecular weight excluding hydrogens is 284 g/mol. The van der Waals surface area contributed by atoms with Gasteiger partial charge >= 0.3 is 5.97 Å². The van der Waals surface area contributed by atoms with Gasteiger partial charge in [0, 0.05) is 25.1 Å². The summed E-state index contributed by atoms with van der Waals surface area (Å²) in [5.74, 6) is -2.14. The van der Waals surface area contributed by atoms with E-state index in [1.54, 1.807) is 38.4 Å². The fourth-order valence-corrected chi connectivity index (χ4v) is 1.65. The van der Waals surface area contributed by atoms with E-state index < -0.39 is 17.9 Å². The maximum absolute atomic E-state index is 11.9. The van der Waals surface area contributed by atoms with Crippen LogP contribution in [0.4, 0.5) is 0 Å². The van der Waals surface area contributed by atoms with Crippen molar-refractivity contribution in [1.82, 2.24) is 15.6 Å². The number of carboxylic acid groups (broad SMARTS) is 1. The first-order valence-electron chi connectivity index (χ1n) is 6.72. The average Bonchev–Trinajstić information content (AvgIpc) is 2.49. The molecular formula is C15H18N4O3. The summed E-state index contributed by atoms with van der Waals surface area (Å²) in [5, 5.41) is 23.2. The van der Waals surface area contributed by atoms with Crippen molar-refractivity contribution in [3.05, 3.63) is 41.9 Å². The summed E-state index contributed by atoms with van der Waals surface area (Å²) in [6, 6.07) is 4.33. The van der Waals surface area contributed by atoms with Crippen LogP contribution in [0.2, 0.25) is 0 Å². The molecule has 0 aromatic carbocycles. The minimum absolute atomic E-state index is 0.184. The lowest BCUT2D eigenvalue weighted by Gasteiger charge is -2.17. The van der Waals surface area contributed by atoms with Gasteiger partial charge in [0.25, 0.3) is 5.91 Å². The number of pyridine rings is 1. The first kappa shape index (κ1) is 17.2. The molecule has 116 valence electrons. The number of aromatic nitrogens is 1. The number of carbonyl (C=O) groups excluding carboxylic acids is 1. The van der Waals surface area contributed by atoms with Gasteiger partial charge in [0.15, 0.2) is 0 Å². The van der Waals surface area contributed by atoms with E-state index in [4.69, 9.17) is 10.4 Å². The lowest BCUT2D eigenvalue weighted by Crippen LogP contribution is -2.44. The second kappa shape index (κ2) is 8.42. The Balaban J connectivity index is 2.66. The Labute approximate surface area is 128 Å². The first-order valence-corrected chi connectivity index (χ1v) is 6.72. The summed E-state index contributed by atoms with van der Waals surface area (Å²) in [6.07, 6.45) is 4.57. The third-order valence-corrected chi connectivity index (χ3v) is 2.86. The summed E-state index contributed by atoms with van der Waals surface area (Å²) in [7, 11) is 0. The fourth-order valence-electron chi connectivity index (χ4n) is 1.65. The van der Waals surface area contributed by atoms with Gasteiger partial charge in [-0.05, 0) is 17.5 Å². The zero-order valence-corrected chi connectivity index (χ0v) is 12.4. The Hall–Kier alpha value is -2.88. The van der Waals surface area contributed by atoms with Crippen LogP contribution >= 0.6 is 0 Å². The highest BCUT2D eigenvalue weighted by atomic mass is 16.4. The Morgan fingerprint density at radius 1 is 1.50 bits per heavy atom. The summed E-state index contributed by atoms with van der Waals surface area (Å²) in [6.45, 7) is 3.75. The number of rotatable bonds is 7. The third kappa shape index (κ3) is 5.25. The molecule has 1 aromatic rings. The Kier molecular flexibility index (Phi) is 6.57. The van der Waals surface area contributed by atoms with Gasteiger partial charge in [-0.2, -0.15) is 5.26 Å². The van der Waals surface area contributed by atoms with Gasteiger partial charge in [0.1, 0.15) is 17.7 Å². The van der Waals surface area contributed by atoms with Crippen LogP contribution in [0.3, 0.4) is 0 Å². The van der Waals surface area contributed by atoms with E-state index in [-0.39, 0.29) is 11.5 Å². The number of amides is 1. The highest BCUT2D eigenvalue weighted by molar-refractivity contribution is 5.99. The van der Waals surface area contributed by atoms with E-state index in [2.05, 4.69) is 15.6 Å². The van der Waals surface area contributed by atoms with Crippen LogP contribution in [0.5, 0.6) is 0 Å². The zero-order valence-electron chi connectivity index (χ0n) is 12.4. The monoisotopic (exact) mass is 302 g/mol. The van der Waals surface area contributed by atoms with Crippen molar-refractivity contribution in [2.45, 2.75) is 26.4 Å². The number of aliphatic carboxylic acids is 1. The Bertz CT molecular complexity index is 591. The summed E-state index contributed by atoms with van der Waals surface area (Å²) >= 11 is 0. The number of hydrogen-bond donors (Lipinski definition) is 3. The lowest BCUT2D eigenvalue weighted by atomic mass is 10.0. The average molecular weight is 302 g/mol. The van der Waals surface area contributed by atoms with Gasteiger partial charge < -0.3 is 15.7 Å². The van der Waals surface area contributed by atoms with Crippen molar-refractivity contribution < 1.29 is 14.7 Å². The van der Waals surface area contributed by atoms with Crippen LogP contribution in [0.25, 0.3) is 0 Å². The van der Waals surface area contributed by atoms with E-state index in [9.17, 15) is 9.59 Å². The molecule has 1 aromatic heterocycles. The van der Waals surface area contributed by atoms with Crippen LogP contribution in [0, 0.1) is 17.2 Å². The van der Waals surface area contributed by atoms with Crippen LogP contribution in [0.1, 0.15) is 19.4 Å². The van der Waals surface area contributed by atoms with Crippen molar-refractivity contribution in [2.75, 3.05) is 0 Å². The maximum atomic E-state index is 11.9. The lowest BCUT2D eigenvalue weighted by molar-refractivity contribution is -0.142. The molecule has 22 heavy (non-hydrogen) atoms. The molecule has 0 aliphatic heterocycles. The molecule has 0 aliphatic rings. The second-order valence-corrected chi connectivity index (χ2v) is 4.95. The summed E-state index contributed by atoms with van der Waals surface area (Å²) < 4.78 is 0. The van der Waals surface area contributed by atoms with Gasteiger partial charge in [-0.25, -0.2) is 4.79 Å². The third-order valence-electron chi connectivity index (χ3n) is 2.86. The van der Waals surface area contributed by atoms with Crippen molar-refractivity contribution in [1.29, 1.82) is 5.26 Å². The molecule has 7 nitrogen and oxygen atoms in total. The molecule has 1 heterocycles. The molecule has 1 atom stereocenters. The first-order chi connectivity index (χ1) is 10.5. The molecule has 1 amide bonds. The second-order valence-electron chi connectivity index (χ2n) is 4.95. The van der Waals surface area contributed by atoms with Gasteiger partial charge in [-0.3, -0.25) is 9.78 Å². The van der Waals surface area contributed by atoms with Gasteiger partial charge in [-0.1, -0.05) is 19.9 Å². The van der Waals surface area contributed by atoms with Crippen molar-refractivity contribution in [3.63, 3.8) is 0 Å². The minimum atomic E-state index is -1.14. The van der Waals surface area contributed by atoms with Crippen LogP contribution in [0.15, 0.2) is 36.3 Å². The van der Waals surface area contributed by atoms with Crippen molar-refractivity contribution >= 4 is 11.9 Å². The van der Waals surface area contributed by atoms with Crippen molar-refractivity contribution in [2.24, 2.45) is 5.92 Å². The molecule has 0 saturated carbocycles. The number of hydrogen-bond acceptors (Lipinski definition) is 5. The predicted octanol–water partition coefficient (Wildman–Crippen LogP) is 0.804. The number of carbonyl (C=O) groups is 2. The zero-order chi connectivity index (χ0) is 16.5. The Morgan fingerprint density at radius 3 is 2.73 bits per heavy atom. The van der Waals surface area contributed by atoms with E-state index >= 15 is 0 Å². The summed E-state index contributed by atoms with van der Waals surface area (Å²) in [4.78, 5) is 26.9. The minimum Gasteiger partial charge on any atom is -0.480 e. The fraction of sp³-hybridized carbons (Fsp3) is 0.333. The molecule has 1 unspecified atom stereocenters. The normalized spacial score (nSPS) is 12.4. The molecule has 0 saturated heterocycles. The highest BCUT2D eigenvalue weighted by Gasteiger charge is 2.24. The van der Waals surface area contributed by atoms with Crippen LogP contribution in [-0.4, -0.2) is 28.0 Å². The molecule has 0 fully saturated rings.